The van der Waals surface area contributed by atoms with E-state index in [-0.39, 0.29) is 5.69 Å². The first-order valence-electron chi connectivity index (χ1n) is 7.22. The molecule has 0 saturated carbocycles. The van der Waals surface area contributed by atoms with E-state index in [4.69, 9.17) is 0 Å². The van der Waals surface area contributed by atoms with Crippen molar-refractivity contribution in [3.05, 3.63) is 46.2 Å². The van der Waals surface area contributed by atoms with E-state index < -0.39 is 5.97 Å². The number of benzene rings is 1. The van der Waals surface area contributed by atoms with Crippen LogP contribution in [0.25, 0.3) is 22.2 Å². The number of carboxylic acid groups (broad SMARTS) is 1. The highest BCUT2D eigenvalue weighted by atomic mass is 79.9. The molecule has 2 aromatic heterocycles. The lowest BCUT2D eigenvalue weighted by molar-refractivity contribution is 0.0692. The van der Waals surface area contributed by atoms with Crippen LogP contribution in [0.2, 0.25) is 0 Å². The molecule has 1 aliphatic rings. The van der Waals surface area contributed by atoms with Crippen LogP contribution >= 0.6 is 15.9 Å². The number of nitrogens with zero attached hydrogens (tertiary/aromatic N) is 2. The lowest BCUT2D eigenvalue weighted by Gasteiger charge is -2.29. The van der Waals surface area contributed by atoms with Gasteiger partial charge < -0.3 is 10.4 Å². The molecule has 1 aliphatic heterocycles. The number of aromatic nitrogens is 3. The molecule has 0 bridgehead atoms. The monoisotopic (exact) mass is 372 g/mol. The van der Waals surface area contributed by atoms with Crippen LogP contribution in [-0.2, 0) is 0 Å². The minimum absolute atomic E-state index is 0.0107. The minimum atomic E-state index is -1.06. The van der Waals surface area contributed by atoms with E-state index in [9.17, 15) is 9.90 Å². The number of nitrogens with one attached hydrogen (secondary N) is 2. The van der Waals surface area contributed by atoms with Crippen molar-refractivity contribution in [2.45, 2.75) is 5.92 Å². The zero-order chi connectivity index (χ0) is 16.0. The Labute approximate surface area is 140 Å². The smallest absolute Gasteiger partial charge is 0.357 e. The van der Waals surface area contributed by atoms with Crippen molar-refractivity contribution in [3.63, 3.8) is 0 Å². The van der Waals surface area contributed by atoms with Crippen LogP contribution in [0.1, 0.15) is 22.0 Å². The molecule has 0 aliphatic carbocycles. The second-order valence-corrected chi connectivity index (χ2v) is 6.47. The van der Waals surface area contributed by atoms with E-state index >= 15 is 0 Å². The van der Waals surface area contributed by atoms with E-state index in [1.807, 2.05) is 30.5 Å². The third kappa shape index (κ3) is 2.32. The van der Waals surface area contributed by atoms with Crippen LogP contribution in [0, 0.1) is 0 Å². The molecule has 1 saturated heterocycles. The summed E-state index contributed by atoms with van der Waals surface area (Å²) in [7, 11) is 0. The zero-order valence-electron chi connectivity index (χ0n) is 12.0. The van der Waals surface area contributed by atoms with Crippen molar-refractivity contribution in [2.24, 2.45) is 0 Å². The molecule has 6 nitrogen and oxygen atoms in total. The van der Waals surface area contributed by atoms with Crippen LogP contribution in [0.3, 0.4) is 0 Å². The third-order valence-electron chi connectivity index (χ3n) is 4.16. The Bertz CT molecular complexity index is 918. The topological polar surface area (TPSA) is 90.9 Å². The number of H-pyrrole nitrogens is 1. The van der Waals surface area contributed by atoms with E-state index in [2.05, 4.69) is 36.4 Å². The first-order chi connectivity index (χ1) is 11.1. The van der Waals surface area contributed by atoms with Gasteiger partial charge in [0.1, 0.15) is 0 Å². The molecule has 0 amide bonds. The highest BCUT2D eigenvalue weighted by molar-refractivity contribution is 9.10. The average Bonchev–Trinajstić information content (AvgIpc) is 2.89. The number of halogens is 1. The normalized spacial score (nSPS) is 14.8. The molecule has 4 rings (SSSR count). The van der Waals surface area contributed by atoms with Gasteiger partial charge in [-0.1, -0.05) is 28.1 Å². The molecular weight excluding hydrogens is 360 g/mol. The quantitative estimate of drug-likeness (QED) is 0.657. The predicted octanol–water partition coefficient (Wildman–Crippen LogP) is 2.77. The minimum Gasteiger partial charge on any atom is -0.476 e. The molecule has 116 valence electrons. The van der Waals surface area contributed by atoms with Gasteiger partial charge in [0.25, 0.3) is 0 Å². The molecule has 3 aromatic rings. The number of hydrogen-bond donors (Lipinski definition) is 3. The molecule has 7 heteroatoms. The number of carboxylic acids is 1. The van der Waals surface area contributed by atoms with Crippen LogP contribution in [0.4, 0.5) is 0 Å². The summed E-state index contributed by atoms with van der Waals surface area (Å²) in [5, 5.41) is 19.9. The number of carbonyl (C=O) groups is 1. The van der Waals surface area contributed by atoms with E-state index in [0.717, 1.165) is 34.3 Å². The number of aromatic carboxylic acids is 1. The van der Waals surface area contributed by atoms with Crippen molar-refractivity contribution in [1.29, 1.82) is 0 Å². The van der Waals surface area contributed by atoms with E-state index in [1.165, 1.54) is 0 Å². The van der Waals surface area contributed by atoms with Crippen LogP contribution in [0.5, 0.6) is 0 Å². The van der Waals surface area contributed by atoms with Gasteiger partial charge in [-0.2, -0.15) is 5.10 Å². The maximum Gasteiger partial charge on any atom is 0.357 e. The molecule has 3 heterocycles. The molecular formula is C16H13BrN4O2. The summed E-state index contributed by atoms with van der Waals surface area (Å²) in [4.78, 5) is 15.9. The number of pyridine rings is 1. The Morgan fingerprint density at radius 2 is 2.17 bits per heavy atom. The van der Waals surface area contributed by atoms with Gasteiger partial charge in [0.05, 0.1) is 5.39 Å². The Morgan fingerprint density at radius 1 is 1.35 bits per heavy atom. The molecule has 1 fully saturated rings. The fourth-order valence-electron chi connectivity index (χ4n) is 2.93. The van der Waals surface area contributed by atoms with Crippen molar-refractivity contribution in [3.8, 4) is 11.1 Å². The fraction of sp³-hybridized carbons (Fsp3) is 0.188. The largest absolute Gasteiger partial charge is 0.476 e. The third-order valence-corrected chi connectivity index (χ3v) is 4.65. The Balaban J connectivity index is 2.07. The van der Waals surface area contributed by atoms with Gasteiger partial charge in [0.2, 0.25) is 0 Å². The van der Waals surface area contributed by atoms with E-state index in [0.29, 0.717) is 17.0 Å². The van der Waals surface area contributed by atoms with Crippen molar-refractivity contribution in [1.82, 2.24) is 20.5 Å². The summed E-state index contributed by atoms with van der Waals surface area (Å²) in [6, 6.07) is 7.85. The van der Waals surface area contributed by atoms with Crippen LogP contribution < -0.4 is 5.32 Å². The SMILES string of the molecule is O=C(O)c1n[nH]c2ncc(C3CNC3)c(-c3cccc(Br)c3)c12. The summed E-state index contributed by atoms with van der Waals surface area (Å²) in [5.74, 6) is -0.726. The predicted molar refractivity (Wildman–Crippen MR) is 89.6 cm³/mol. The summed E-state index contributed by atoms with van der Waals surface area (Å²) in [6.45, 7) is 1.74. The number of fused-ring (bicyclic) bond motifs is 1. The van der Waals surface area contributed by atoms with E-state index in [1.54, 1.807) is 0 Å². The molecule has 0 spiro atoms. The molecule has 3 N–H and O–H groups in total. The standard InChI is InChI=1S/C16H13BrN4O2/c17-10-3-1-2-8(4-10)12-11(9-5-18-6-9)7-19-15-13(12)14(16(22)23)20-21-15/h1-4,7,9,18H,5-6H2,(H,22,23)(H,19,20,21). The zero-order valence-corrected chi connectivity index (χ0v) is 13.6. The number of aromatic amines is 1. The van der Waals surface area contributed by atoms with Crippen molar-refractivity contribution >= 4 is 32.9 Å². The number of rotatable bonds is 3. The number of hydrogen-bond acceptors (Lipinski definition) is 4. The van der Waals surface area contributed by atoms with Crippen molar-refractivity contribution in [2.75, 3.05) is 13.1 Å². The summed E-state index contributed by atoms with van der Waals surface area (Å²) in [6.07, 6.45) is 1.83. The van der Waals surface area contributed by atoms with Gasteiger partial charge >= 0.3 is 5.97 Å². The lowest BCUT2D eigenvalue weighted by atomic mass is 9.86. The fourth-order valence-corrected chi connectivity index (χ4v) is 3.33. The molecule has 23 heavy (non-hydrogen) atoms. The summed E-state index contributed by atoms with van der Waals surface area (Å²) < 4.78 is 0.943. The average molecular weight is 373 g/mol. The molecule has 1 aromatic carbocycles. The lowest BCUT2D eigenvalue weighted by Crippen LogP contribution is -2.40. The van der Waals surface area contributed by atoms with Gasteiger partial charge in [-0.15, -0.1) is 0 Å². The molecule has 0 atom stereocenters. The first kappa shape index (κ1) is 14.3. The van der Waals surface area contributed by atoms with Gasteiger partial charge in [0.15, 0.2) is 11.3 Å². The summed E-state index contributed by atoms with van der Waals surface area (Å²) in [5.41, 5.74) is 3.41. The van der Waals surface area contributed by atoms with Crippen molar-refractivity contribution < 1.29 is 9.90 Å². The highest BCUT2D eigenvalue weighted by Crippen LogP contribution is 2.38. The second-order valence-electron chi connectivity index (χ2n) is 5.56. The Morgan fingerprint density at radius 3 is 2.83 bits per heavy atom. The highest BCUT2D eigenvalue weighted by Gasteiger charge is 2.27. The maximum atomic E-state index is 11.6. The van der Waals surface area contributed by atoms with Gasteiger partial charge in [-0.05, 0) is 23.3 Å². The van der Waals surface area contributed by atoms with Crippen LogP contribution in [-0.4, -0.2) is 39.3 Å². The van der Waals surface area contributed by atoms with Gasteiger partial charge in [-0.25, -0.2) is 9.78 Å². The van der Waals surface area contributed by atoms with Gasteiger partial charge in [0, 0.05) is 35.2 Å². The Kier molecular flexibility index (Phi) is 3.39. The maximum absolute atomic E-state index is 11.6. The molecule has 0 radical (unpaired) electrons. The van der Waals surface area contributed by atoms with Gasteiger partial charge in [-0.3, -0.25) is 5.10 Å². The summed E-state index contributed by atoms with van der Waals surface area (Å²) >= 11 is 3.49. The molecule has 0 unspecified atom stereocenters. The Hall–Kier alpha value is -2.25. The van der Waals surface area contributed by atoms with Crippen LogP contribution in [0.15, 0.2) is 34.9 Å². The second kappa shape index (κ2) is 5.43. The first-order valence-corrected chi connectivity index (χ1v) is 8.01.